The van der Waals surface area contributed by atoms with Crippen molar-refractivity contribution in [2.75, 3.05) is 0 Å². The number of hydrogen-bond donors (Lipinski definition) is 0. The summed E-state index contributed by atoms with van der Waals surface area (Å²) in [5.74, 6) is 1.47. The summed E-state index contributed by atoms with van der Waals surface area (Å²) in [6.07, 6.45) is 35.6. The van der Waals surface area contributed by atoms with Gasteiger partial charge in [0.15, 0.2) is 0 Å². The minimum Gasteiger partial charge on any atom is -0.0856 e. The second-order valence-corrected chi connectivity index (χ2v) is 14.4. The zero-order valence-electron chi connectivity index (χ0n) is 28.0. The molecule has 0 amide bonds. The number of rotatable bonds is 13. The van der Waals surface area contributed by atoms with Crippen molar-refractivity contribution in [1.82, 2.24) is 0 Å². The van der Waals surface area contributed by atoms with Gasteiger partial charge in [-0.15, -0.1) is 0 Å². The van der Waals surface area contributed by atoms with Crippen LogP contribution in [-0.2, 0) is 0 Å². The van der Waals surface area contributed by atoms with E-state index in [1.807, 2.05) is 0 Å². The topological polar surface area (TPSA) is 0 Å². The molecule has 0 nitrogen and oxygen atoms in total. The molecule has 0 saturated heterocycles. The zero-order valence-corrected chi connectivity index (χ0v) is 28.0. The van der Waals surface area contributed by atoms with Gasteiger partial charge in [-0.1, -0.05) is 123 Å². The highest BCUT2D eigenvalue weighted by Gasteiger charge is 2.32. The Morgan fingerprint density at radius 3 is 2.38 bits per heavy atom. The van der Waals surface area contributed by atoms with Crippen LogP contribution in [0.2, 0.25) is 0 Å². The van der Waals surface area contributed by atoms with E-state index >= 15 is 0 Å². The molecule has 0 aromatic rings. The molecule has 2 atom stereocenters. The van der Waals surface area contributed by atoms with Crippen LogP contribution in [0.4, 0.5) is 0 Å². The molecular weight excluding hydrogens is 480 g/mol. The first kappa shape index (κ1) is 34.1. The first-order valence-corrected chi connectivity index (χ1v) is 16.2. The van der Waals surface area contributed by atoms with Gasteiger partial charge in [-0.3, -0.25) is 0 Å². The van der Waals surface area contributed by atoms with Crippen LogP contribution in [0, 0.1) is 22.7 Å². The summed E-state index contributed by atoms with van der Waals surface area (Å²) in [7, 11) is 0. The quantitative estimate of drug-likeness (QED) is 0.160. The first-order valence-electron chi connectivity index (χ1n) is 16.2. The van der Waals surface area contributed by atoms with Crippen molar-refractivity contribution in [1.29, 1.82) is 0 Å². The van der Waals surface area contributed by atoms with Gasteiger partial charge >= 0.3 is 0 Å². The smallest absolute Gasteiger partial charge is 0.0104 e. The summed E-state index contributed by atoms with van der Waals surface area (Å²) in [6.45, 7) is 23.4. The lowest BCUT2D eigenvalue weighted by Crippen LogP contribution is -2.27. The second kappa shape index (κ2) is 16.4. The lowest BCUT2D eigenvalue weighted by molar-refractivity contribution is 0.204. The van der Waals surface area contributed by atoms with Crippen molar-refractivity contribution in [2.24, 2.45) is 22.7 Å². The van der Waals surface area contributed by atoms with Crippen LogP contribution in [-0.4, -0.2) is 0 Å². The molecule has 0 aromatic heterocycles. The maximum atomic E-state index is 2.50. The molecule has 2 aliphatic rings. The fourth-order valence-electron chi connectivity index (χ4n) is 6.65. The van der Waals surface area contributed by atoms with Crippen molar-refractivity contribution in [3.63, 3.8) is 0 Å². The third-order valence-electron chi connectivity index (χ3n) is 9.53. The van der Waals surface area contributed by atoms with Gasteiger partial charge < -0.3 is 0 Å². The summed E-state index contributed by atoms with van der Waals surface area (Å²) >= 11 is 0. The Hall–Kier alpha value is -2.08. The van der Waals surface area contributed by atoms with Crippen LogP contribution < -0.4 is 0 Å². The lowest BCUT2D eigenvalue weighted by atomic mass is 9.67. The Bertz CT molecular complexity index is 1050. The highest BCUT2D eigenvalue weighted by Crippen LogP contribution is 2.44. The average molecular weight is 543 g/mol. The van der Waals surface area contributed by atoms with Gasteiger partial charge in [0.2, 0.25) is 0 Å². The molecule has 0 spiro atoms. The van der Waals surface area contributed by atoms with E-state index in [1.54, 1.807) is 16.7 Å². The average Bonchev–Trinajstić information content (AvgIpc) is 2.85. The van der Waals surface area contributed by atoms with Crippen molar-refractivity contribution >= 4 is 0 Å². The van der Waals surface area contributed by atoms with Crippen LogP contribution in [0.15, 0.2) is 94.2 Å². The minimum atomic E-state index is 0.302. The Labute approximate surface area is 249 Å². The summed E-state index contributed by atoms with van der Waals surface area (Å²) in [4.78, 5) is 0. The molecule has 0 aromatic carbocycles. The first-order chi connectivity index (χ1) is 18.8. The molecule has 0 heteroatoms. The Morgan fingerprint density at radius 2 is 1.68 bits per heavy atom. The van der Waals surface area contributed by atoms with E-state index in [0.717, 1.165) is 18.3 Å². The number of hydrogen-bond acceptors (Lipinski definition) is 0. The van der Waals surface area contributed by atoms with E-state index < -0.39 is 0 Å². The maximum absolute atomic E-state index is 2.50. The molecule has 0 saturated carbocycles. The highest BCUT2D eigenvalue weighted by molar-refractivity contribution is 5.37. The van der Waals surface area contributed by atoms with E-state index in [1.165, 1.54) is 74.5 Å². The summed E-state index contributed by atoms with van der Waals surface area (Å²) in [5.41, 5.74) is 9.63. The normalized spacial score (nSPS) is 23.5. The third-order valence-corrected chi connectivity index (χ3v) is 9.53. The monoisotopic (exact) mass is 542 g/mol. The maximum Gasteiger partial charge on any atom is -0.0104 e. The molecular formula is C40H62. The molecule has 0 heterocycles. The Morgan fingerprint density at radius 1 is 0.975 bits per heavy atom. The van der Waals surface area contributed by atoms with E-state index in [0.29, 0.717) is 10.8 Å². The molecule has 0 fully saturated rings. The van der Waals surface area contributed by atoms with E-state index in [4.69, 9.17) is 0 Å². The molecule has 0 bridgehead atoms. The molecule has 1 unspecified atom stereocenters. The van der Waals surface area contributed by atoms with E-state index in [2.05, 4.69) is 130 Å². The van der Waals surface area contributed by atoms with Crippen molar-refractivity contribution in [3.8, 4) is 0 Å². The molecule has 0 N–H and O–H groups in total. The van der Waals surface area contributed by atoms with Crippen LogP contribution in [0.5, 0.6) is 0 Å². The summed E-state index contributed by atoms with van der Waals surface area (Å²) < 4.78 is 0. The van der Waals surface area contributed by atoms with Crippen molar-refractivity contribution in [2.45, 2.75) is 133 Å². The SMILES string of the molecule is CC1=CCCC(C)(C)[C@H]1CC/C(C)=C\CCC(C)C/C=C/C=C(C)/C=C/C=C(C)/C=C/C1=C(C)CCCC1(C)C. The molecule has 40 heavy (non-hydrogen) atoms. The summed E-state index contributed by atoms with van der Waals surface area (Å²) in [5, 5.41) is 0. The lowest BCUT2D eigenvalue weighted by Gasteiger charge is -2.38. The summed E-state index contributed by atoms with van der Waals surface area (Å²) in [6, 6.07) is 0. The standard InChI is InChI=1S/C40H62/c1-31(19-13-21-33(3)25-27-37-35(5)23-15-29-39(37,7)8)17-11-12-18-32(2)20-14-22-34(4)26-28-38-36(6)24-16-30-40(38,9)10/h11-13,17,19,21-22,24-25,27,32,38H,14-16,18,20,23,26,28-30H2,1-10H3/b12-11+,19-13+,27-25+,31-17+,33-21+,34-22-/t32?,38-/m0/s1. The Kier molecular flexibility index (Phi) is 14.0. The van der Waals surface area contributed by atoms with Crippen LogP contribution in [0.3, 0.4) is 0 Å². The van der Waals surface area contributed by atoms with Crippen LogP contribution in [0.25, 0.3) is 0 Å². The van der Waals surface area contributed by atoms with Gasteiger partial charge in [0, 0.05) is 0 Å². The van der Waals surface area contributed by atoms with Gasteiger partial charge in [-0.05, 0) is 127 Å². The zero-order chi connectivity index (χ0) is 29.8. The van der Waals surface area contributed by atoms with Gasteiger partial charge in [0.1, 0.15) is 0 Å². The van der Waals surface area contributed by atoms with E-state index in [-0.39, 0.29) is 0 Å². The molecule has 2 aliphatic carbocycles. The van der Waals surface area contributed by atoms with Crippen LogP contribution >= 0.6 is 0 Å². The molecule has 222 valence electrons. The molecule has 2 rings (SSSR count). The van der Waals surface area contributed by atoms with Gasteiger partial charge in [0.05, 0.1) is 0 Å². The predicted molar refractivity (Wildman–Crippen MR) is 182 cm³/mol. The van der Waals surface area contributed by atoms with Gasteiger partial charge in [-0.2, -0.15) is 0 Å². The fourth-order valence-corrected chi connectivity index (χ4v) is 6.65. The van der Waals surface area contributed by atoms with Crippen LogP contribution in [0.1, 0.15) is 133 Å². The minimum absolute atomic E-state index is 0.302. The second-order valence-electron chi connectivity index (χ2n) is 14.4. The fraction of sp³-hybridized carbons (Fsp3) is 0.600. The largest absolute Gasteiger partial charge is 0.0856 e. The highest BCUT2D eigenvalue weighted by atomic mass is 14.4. The van der Waals surface area contributed by atoms with Crippen molar-refractivity contribution < 1.29 is 0 Å². The number of allylic oxidation sites excluding steroid dienone is 16. The van der Waals surface area contributed by atoms with Gasteiger partial charge in [0.25, 0.3) is 0 Å². The van der Waals surface area contributed by atoms with E-state index in [9.17, 15) is 0 Å². The Balaban J connectivity index is 1.72. The van der Waals surface area contributed by atoms with Crippen molar-refractivity contribution in [3.05, 3.63) is 94.2 Å². The third kappa shape index (κ3) is 11.8. The van der Waals surface area contributed by atoms with Gasteiger partial charge in [-0.25, -0.2) is 0 Å². The molecule has 0 aliphatic heterocycles. The molecule has 0 radical (unpaired) electrons. The predicted octanol–water partition coefficient (Wildman–Crippen LogP) is 13.0.